The Hall–Kier alpha value is -0.780. The zero-order valence-electron chi connectivity index (χ0n) is 10.6. The van der Waals surface area contributed by atoms with E-state index in [0.717, 1.165) is 22.5 Å². The largest absolute Gasteiger partial charge is 0.295 e. The SMILES string of the molecule is CC(Cl)c1nc2ccc(Cl)cc2n1-c1ccc(I)cc1. The van der Waals surface area contributed by atoms with Crippen LogP contribution in [0.4, 0.5) is 0 Å². The number of fused-ring (bicyclic) bond motifs is 1. The minimum absolute atomic E-state index is 0.180. The summed E-state index contributed by atoms with van der Waals surface area (Å²) >= 11 is 14.7. The van der Waals surface area contributed by atoms with Crippen LogP contribution in [0.25, 0.3) is 16.7 Å². The van der Waals surface area contributed by atoms with Crippen LogP contribution in [-0.4, -0.2) is 9.55 Å². The lowest BCUT2D eigenvalue weighted by atomic mass is 10.2. The highest BCUT2D eigenvalue weighted by molar-refractivity contribution is 14.1. The Morgan fingerprint density at radius 1 is 1.15 bits per heavy atom. The maximum atomic E-state index is 6.28. The summed E-state index contributed by atoms with van der Waals surface area (Å²) in [4.78, 5) is 4.62. The van der Waals surface area contributed by atoms with Crippen LogP contribution in [0.15, 0.2) is 42.5 Å². The third-order valence-electron chi connectivity index (χ3n) is 3.08. The summed E-state index contributed by atoms with van der Waals surface area (Å²) in [5.41, 5.74) is 2.91. The van der Waals surface area contributed by atoms with Gasteiger partial charge in [0.2, 0.25) is 0 Å². The van der Waals surface area contributed by atoms with Crippen LogP contribution in [0.5, 0.6) is 0 Å². The van der Waals surface area contributed by atoms with Crippen LogP contribution in [0, 0.1) is 3.57 Å². The van der Waals surface area contributed by atoms with Crippen LogP contribution >= 0.6 is 45.8 Å². The van der Waals surface area contributed by atoms with E-state index in [2.05, 4.69) is 56.4 Å². The number of nitrogens with zero attached hydrogens (tertiary/aromatic N) is 2. The molecule has 1 aromatic heterocycles. The zero-order chi connectivity index (χ0) is 14.3. The average Bonchev–Trinajstić information content (AvgIpc) is 2.78. The van der Waals surface area contributed by atoms with Gasteiger partial charge in [-0.2, -0.15) is 0 Å². The molecule has 0 spiro atoms. The molecule has 3 rings (SSSR count). The first-order valence-electron chi connectivity index (χ1n) is 6.14. The summed E-state index contributed by atoms with van der Waals surface area (Å²) in [7, 11) is 0. The second-order valence-electron chi connectivity index (χ2n) is 4.53. The van der Waals surface area contributed by atoms with Gasteiger partial charge >= 0.3 is 0 Å². The number of benzene rings is 2. The Morgan fingerprint density at radius 3 is 2.50 bits per heavy atom. The molecule has 0 amide bonds. The zero-order valence-corrected chi connectivity index (χ0v) is 14.3. The maximum absolute atomic E-state index is 6.28. The summed E-state index contributed by atoms with van der Waals surface area (Å²) in [5.74, 6) is 0.824. The molecule has 0 aliphatic heterocycles. The van der Waals surface area contributed by atoms with Crippen molar-refractivity contribution >= 4 is 56.8 Å². The fraction of sp³-hybridized carbons (Fsp3) is 0.133. The number of rotatable bonds is 2. The molecule has 20 heavy (non-hydrogen) atoms. The minimum atomic E-state index is -0.180. The van der Waals surface area contributed by atoms with E-state index in [1.807, 2.05) is 25.1 Å². The highest BCUT2D eigenvalue weighted by Crippen LogP contribution is 2.29. The van der Waals surface area contributed by atoms with Gasteiger partial charge in [0, 0.05) is 14.3 Å². The van der Waals surface area contributed by atoms with Crippen molar-refractivity contribution < 1.29 is 0 Å². The number of alkyl halides is 1. The molecule has 3 aromatic rings. The standard InChI is InChI=1S/C15H11Cl2IN2/c1-9(16)15-19-13-7-2-10(17)8-14(13)20(15)12-5-3-11(18)4-6-12/h2-9H,1H3. The minimum Gasteiger partial charge on any atom is -0.295 e. The van der Waals surface area contributed by atoms with Crippen molar-refractivity contribution in [3.63, 3.8) is 0 Å². The van der Waals surface area contributed by atoms with Crippen LogP contribution < -0.4 is 0 Å². The normalized spacial score (nSPS) is 12.8. The van der Waals surface area contributed by atoms with Gasteiger partial charge in [-0.3, -0.25) is 4.57 Å². The number of halogens is 3. The molecular formula is C15H11Cl2IN2. The molecule has 0 aliphatic carbocycles. The molecule has 0 aliphatic rings. The summed E-state index contributed by atoms with van der Waals surface area (Å²) < 4.78 is 3.25. The summed E-state index contributed by atoms with van der Waals surface area (Å²) in [6.07, 6.45) is 0. The van der Waals surface area contributed by atoms with Crippen LogP contribution in [0.1, 0.15) is 18.1 Å². The monoisotopic (exact) mass is 416 g/mol. The van der Waals surface area contributed by atoms with Gasteiger partial charge in [0.15, 0.2) is 0 Å². The molecule has 0 bridgehead atoms. The number of aromatic nitrogens is 2. The van der Waals surface area contributed by atoms with Crippen molar-refractivity contribution in [3.05, 3.63) is 56.9 Å². The topological polar surface area (TPSA) is 17.8 Å². The predicted molar refractivity (Wildman–Crippen MR) is 93.1 cm³/mol. The van der Waals surface area contributed by atoms with E-state index in [1.165, 1.54) is 3.57 Å². The van der Waals surface area contributed by atoms with Crippen molar-refractivity contribution in [1.82, 2.24) is 9.55 Å². The van der Waals surface area contributed by atoms with E-state index in [1.54, 1.807) is 0 Å². The second-order valence-corrected chi connectivity index (χ2v) is 6.87. The second kappa shape index (κ2) is 5.54. The van der Waals surface area contributed by atoms with Gasteiger partial charge in [0.1, 0.15) is 5.82 Å². The fourth-order valence-electron chi connectivity index (χ4n) is 2.20. The smallest absolute Gasteiger partial charge is 0.132 e. The molecule has 5 heteroatoms. The first-order valence-corrected chi connectivity index (χ1v) is 8.03. The van der Waals surface area contributed by atoms with Gasteiger partial charge < -0.3 is 0 Å². The van der Waals surface area contributed by atoms with E-state index in [4.69, 9.17) is 23.2 Å². The van der Waals surface area contributed by atoms with Gasteiger partial charge in [0.05, 0.1) is 16.4 Å². The van der Waals surface area contributed by atoms with Gasteiger partial charge in [0.25, 0.3) is 0 Å². The van der Waals surface area contributed by atoms with Crippen LogP contribution in [0.3, 0.4) is 0 Å². The first kappa shape index (κ1) is 14.2. The molecule has 0 fully saturated rings. The molecule has 2 aromatic carbocycles. The Labute approximate surface area is 140 Å². The quantitative estimate of drug-likeness (QED) is 0.393. The van der Waals surface area contributed by atoms with Crippen molar-refractivity contribution in [2.75, 3.05) is 0 Å². The number of hydrogen-bond donors (Lipinski definition) is 0. The molecule has 0 saturated heterocycles. The Balaban J connectivity index is 2.33. The van der Waals surface area contributed by atoms with Gasteiger partial charge in [-0.05, 0) is 72.0 Å². The van der Waals surface area contributed by atoms with E-state index in [9.17, 15) is 0 Å². The third kappa shape index (κ3) is 2.54. The predicted octanol–water partition coefficient (Wildman–Crippen LogP) is 5.58. The first-order chi connectivity index (χ1) is 9.56. The van der Waals surface area contributed by atoms with Gasteiger partial charge in [-0.1, -0.05) is 11.6 Å². The van der Waals surface area contributed by atoms with Crippen molar-refractivity contribution in [1.29, 1.82) is 0 Å². The average molecular weight is 417 g/mol. The number of imidazole rings is 1. The van der Waals surface area contributed by atoms with E-state index < -0.39 is 0 Å². The Bertz CT molecular complexity index is 763. The molecule has 102 valence electrons. The highest BCUT2D eigenvalue weighted by Gasteiger charge is 2.16. The highest BCUT2D eigenvalue weighted by atomic mass is 127. The fourth-order valence-corrected chi connectivity index (χ4v) is 2.87. The van der Waals surface area contributed by atoms with E-state index in [-0.39, 0.29) is 5.38 Å². The number of hydrogen-bond acceptors (Lipinski definition) is 1. The van der Waals surface area contributed by atoms with Crippen molar-refractivity contribution in [2.24, 2.45) is 0 Å². The molecule has 2 nitrogen and oxygen atoms in total. The molecule has 0 saturated carbocycles. The van der Waals surface area contributed by atoms with Crippen LogP contribution in [0.2, 0.25) is 5.02 Å². The Kier molecular flexibility index (Phi) is 3.93. The van der Waals surface area contributed by atoms with Gasteiger partial charge in [-0.15, -0.1) is 11.6 Å². The summed E-state index contributed by atoms with van der Waals surface area (Å²) in [5, 5.41) is 0.512. The van der Waals surface area contributed by atoms with Crippen LogP contribution in [-0.2, 0) is 0 Å². The lowest BCUT2D eigenvalue weighted by molar-refractivity contribution is 0.882. The lowest BCUT2D eigenvalue weighted by Crippen LogP contribution is -2.01. The molecule has 0 N–H and O–H groups in total. The third-order valence-corrected chi connectivity index (χ3v) is 4.23. The Morgan fingerprint density at radius 2 is 1.85 bits per heavy atom. The van der Waals surface area contributed by atoms with Crippen molar-refractivity contribution in [3.8, 4) is 5.69 Å². The maximum Gasteiger partial charge on any atom is 0.132 e. The van der Waals surface area contributed by atoms with Gasteiger partial charge in [-0.25, -0.2) is 4.98 Å². The van der Waals surface area contributed by atoms with E-state index >= 15 is 0 Å². The molecule has 0 radical (unpaired) electrons. The summed E-state index contributed by atoms with van der Waals surface area (Å²) in [6.45, 7) is 1.92. The van der Waals surface area contributed by atoms with E-state index in [0.29, 0.717) is 5.02 Å². The lowest BCUT2D eigenvalue weighted by Gasteiger charge is -2.10. The van der Waals surface area contributed by atoms with Crippen molar-refractivity contribution in [2.45, 2.75) is 12.3 Å². The summed E-state index contributed by atoms with van der Waals surface area (Å²) in [6, 6.07) is 13.9. The molecule has 1 heterocycles. The molecule has 1 unspecified atom stereocenters. The molecular weight excluding hydrogens is 406 g/mol. The molecule has 1 atom stereocenters.